The second-order valence-electron chi connectivity index (χ2n) is 6.31. The lowest BCUT2D eigenvalue weighted by molar-refractivity contribution is 0.413. The number of nitrogens with zero attached hydrogens (tertiary/aromatic N) is 3. The summed E-state index contributed by atoms with van der Waals surface area (Å²) in [6.07, 6.45) is 0. The summed E-state index contributed by atoms with van der Waals surface area (Å²) in [6.45, 7) is 2.84. The van der Waals surface area contributed by atoms with Crippen LogP contribution < -0.4 is 9.21 Å². The van der Waals surface area contributed by atoms with E-state index >= 15 is 0 Å². The van der Waals surface area contributed by atoms with Crippen LogP contribution in [-0.2, 0) is 10.0 Å². The second kappa shape index (κ2) is 7.23. The molecule has 3 rings (SSSR count). The molecular weight excluding hydrogens is 358 g/mol. The van der Waals surface area contributed by atoms with E-state index in [1.54, 1.807) is 18.2 Å². The minimum Gasteiger partial charge on any atom is -0.367 e. The van der Waals surface area contributed by atoms with Gasteiger partial charge in [-0.1, -0.05) is 29.8 Å². The number of sulfonamides is 1. The molecule has 0 N–H and O–H groups in total. The Bertz CT molecular complexity index is 855. The number of benzene rings is 2. The van der Waals surface area contributed by atoms with E-state index in [0.29, 0.717) is 23.8 Å². The van der Waals surface area contributed by atoms with Gasteiger partial charge in [0.25, 0.3) is 10.0 Å². The number of halogens is 1. The first kappa shape index (κ1) is 18.0. The van der Waals surface area contributed by atoms with Gasteiger partial charge in [0.1, 0.15) is 0 Å². The molecule has 0 atom stereocenters. The first-order chi connectivity index (χ1) is 11.9. The lowest BCUT2D eigenvalue weighted by atomic mass is 10.2. The molecule has 0 aliphatic carbocycles. The largest absolute Gasteiger partial charge is 0.367 e. The molecule has 2 aromatic rings. The van der Waals surface area contributed by atoms with Crippen molar-refractivity contribution in [2.45, 2.75) is 4.90 Å². The van der Waals surface area contributed by atoms with Gasteiger partial charge in [-0.15, -0.1) is 0 Å². The van der Waals surface area contributed by atoms with E-state index < -0.39 is 10.0 Å². The lowest BCUT2D eigenvalue weighted by Gasteiger charge is -2.38. The molecule has 5 nitrogen and oxygen atoms in total. The van der Waals surface area contributed by atoms with Crippen molar-refractivity contribution in [3.05, 3.63) is 53.6 Å². The summed E-state index contributed by atoms with van der Waals surface area (Å²) in [5.74, 6) is 0. The molecule has 134 valence electrons. The fourth-order valence-electron chi connectivity index (χ4n) is 2.95. The Hall–Kier alpha value is -1.76. The Morgan fingerprint density at radius 3 is 2.44 bits per heavy atom. The average molecular weight is 380 g/mol. The van der Waals surface area contributed by atoms with Crippen molar-refractivity contribution in [3.8, 4) is 0 Å². The van der Waals surface area contributed by atoms with Gasteiger partial charge < -0.3 is 9.80 Å². The van der Waals surface area contributed by atoms with Crippen LogP contribution in [0.2, 0.25) is 5.02 Å². The Kier molecular flexibility index (Phi) is 5.22. The van der Waals surface area contributed by atoms with Crippen molar-refractivity contribution in [1.29, 1.82) is 0 Å². The van der Waals surface area contributed by atoms with Crippen molar-refractivity contribution < 1.29 is 8.42 Å². The van der Waals surface area contributed by atoms with Crippen LogP contribution >= 0.6 is 11.6 Å². The summed E-state index contributed by atoms with van der Waals surface area (Å²) in [7, 11) is 0.426. The van der Waals surface area contributed by atoms with Crippen molar-refractivity contribution in [2.75, 3.05) is 49.5 Å². The molecule has 0 saturated carbocycles. The van der Waals surface area contributed by atoms with E-state index in [-0.39, 0.29) is 4.90 Å². The SMILES string of the molecule is CN(C)CCN1CCN(S(=O)(=O)c2cccc(Cl)c2)c2ccccc21. The molecule has 0 unspecified atom stereocenters. The van der Waals surface area contributed by atoms with Crippen LogP contribution in [0, 0.1) is 0 Å². The van der Waals surface area contributed by atoms with E-state index in [0.717, 1.165) is 18.8 Å². The molecule has 0 amide bonds. The fourth-order valence-corrected chi connectivity index (χ4v) is 4.72. The lowest BCUT2D eigenvalue weighted by Crippen LogP contribution is -2.45. The van der Waals surface area contributed by atoms with Crippen molar-refractivity contribution in [3.63, 3.8) is 0 Å². The van der Waals surface area contributed by atoms with E-state index in [9.17, 15) is 8.42 Å². The number of anilines is 2. The maximum Gasteiger partial charge on any atom is 0.264 e. The Balaban J connectivity index is 1.97. The number of rotatable bonds is 5. The zero-order chi connectivity index (χ0) is 18.0. The molecule has 0 bridgehead atoms. The van der Waals surface area contributed by atoms with E-state index in [4.69, 9.17) is 11.6 Å². The first-order valence-electron chi connectivity index (χ1n) is 8.16. The summed E-state index contributed by atoms with van der Waals surface area (Å²) < 4.78 is 27.7. The summed E-state index contributed by atoms with van der Waals surface area (Å²) in [5.41, 5.74) is 1.66. The minimum atomic E-state index is -3.64. The number of fused-ring (bicyclic) bond motifs is 1. The van der Waals surface area contributed by atoms with Gasteiger partial charge in [0.2, 0.25) is 0 Å². The van der Waals surface area contributed by atoms with Gasteiger partial charge in [0.15, 0.2) is 0 Å². The van der Waals surface area contributed by atoms with E-state index in [2.05, 4.69) is 9.80 Å². The van der Waals surface area contributed by atoms with Crippen LogP contribution in [0.1, 0.15) is 0 Å². The molecule has 25 heavy (non-hydrogen) atoms. The maximum absolute atomic E-state index is 13.1. The predicted molar refractivity (Wildman–Crippen MR) is 103 cm³/mol. The highest BCUT2D eigenvalue weighted by Crippen LogP contribution is 2.36. The Morgan fingerprint density at radius 1 is 1.04 bits per heavy atom. The number of hydrogen-bond acceptors (Lipinski definition) is 4. The molecule has 7 heteroatoms. The van der Waals surface area contributed by atoms with Gasteiger partial charge in [-0.25, -0.2) is 8.42 Å². The van der Waals surface area contributed by atoms with Gasteiger partial charge in [-0.05, 0) is 44.4 Å². The second-order valence-corrected chi connectivity index (χ2v) is 8.61. The topological polar surface area (TPSA) is 43.9 Å². The maximum atomic E-state index is 13.1. The monoisotopic (exact) mass is 379 g/mol. The standard InChI is InChI=1S/C18H22ClN3O2S/c1-20(2)10-11-21-12-13-22(18-9-4-3-8-17(18)21)25(23,24)16-7-5-6-15(19)14-16/h3-9,14H,10-13H2,1-2H3. The average Bonchev–Trinajstić information content (AvgIpc) is 2.59. The quantitative estimate of drug-likeness (QED) is 0.801. The number of para-hydroxylation sites is 2. The fraction of sp³-hybridized carbons (Fsp3) is 0.333. The third kappa shape index (κ3) is 3.76. The highest BCUT2D eigenvalue weighted by molar-refractivity contribution is 7.92. The summed E-state index contributed by atoms with van der Waals surface area (Å²) in [5, 5.41) is 0.416. The van der Waals surface area contributed by atoms with E-state index in [1.165, 1.54) is 10.4 Å². The molecule has 0 radical (unpaired) electrons. The van der Waals surface area contributed by atoms with Gasteiger partial charge in [0, 0.05) is 24.7 Å². The zero-order valence-electron chi connectivity index (χ0n) is 14.4. The number of likely N-dealkylation sites (N-methyl/N-ethyl adjacent to an activating group) is 1. The molecule has 0 saturated heterocycles. The molecule has 2 aromatic carbocycles. The van der Waals surface area contributed by atoms with Crippen molar-refractivity contribution in [1.82, 2.24) is 4.90 Å². The van der Waals surface area contributed by atoms with E-state index in [1.807, 2.05) is 38.4 Å². The van der Waals surface area contributed by atoms with Crippen LogP contribution in [0.25, 0.3) is 0 Å². The third-order valence-corrected chi connectivity index (χ3v) is 6.31. The Labute approximate surface area is 154 Å². The highest BCUT2D eigenvalue weighted by atomic mass is 35.5. The molecular formula is C18H22ClN3O2S. The zero-order valence-corrected chi connectivity index (χ0v) is 16.0. The van der Waals surface area contributed by atoms with Crippen LogP contribution in [0.15, 0.2) is 53.4 Å². The molecule has 1 heterocycles. The van der Waals surface area contributed by atoms with Gasteiger partial charge in [-0.2, -0.15) is 0 Å². The van der Waals surface area contributed by atoms with Crippen LogP contribution in [-0.4, -0.2) is 53.6 Å². The normalized spacial score (nSPS) is 14.7. The van der Waals surface area contributed by atoms with Gasteiger partial charge >= 0.3 is 0 Å². The van der Waals surface area contributed by atoms with Crippen molar-refractivity contribution >= 4 is 33.0 Å². The summed E-state index contributed by atoms with van der Waals surface area (Å²) in [4.78, 5) is 4.58. The smallest absolute Gasteiger partial charge is 0.264 e. The predicted octanol–water partition coefficient (Wildman–Crippen LogP) is 2.92. The third-order valence-electron chi connectivity index (χ3n) is 4.27. The van der Waals surface area contributed by atoms with Crippen LogP contribution in [0.3, 0.4) is 0 Å². The molecule has 1 aliphatic rings. The molecule has 0 fully saturated rings. The highest BCUT2D eigenvalue weighted by Gasteiger charge is 2.31. The summed E-state index contributed by atoms with van der Waals surface area (Å²) in [6, 6.07) is 14.1. The first-order valence-corrected chi connectivity index (χ1v) is 9.98. The molecule has 0 spiro atoms. The number of hydrogen-bond donors (Lipinski definition) is 0. The minimum absolute atomic E-state index is 0.219. The van der Waals surface area contributed by atoms with Crippen LogP contribution in [0.5, 0.6) is 0 Å². The Morgan fingerprint density at radius 2 is 1.76 bits per heavy atom. The molecule has 1 aliphatic heterocycles. The van der Waals surface area contributed by atoms with Gasteiger partial charge in [0.05, 0.1) is 22.8 Å². The van der Waals surface area contributed by atoms with Gasteiger partial charge in [-0.3, -0.25) is 4.31 Å². The van der Waals surface area contributed by atoms with Crippen molar-refractivity contribution in [2.24, 2.45) is 0 Å². The summed E-state index contributed by atoms with van der Waals surface area (Å²) >= 11 is 5.99. The van der Waals surface area contributed by atoms with Crippen LogP contribution in [0.4, 0.5) is 11.4 Å². The molecule has 0 aromatic heterocycles.